The van der Waals surface area contributed by atoms with Crippen molar-refractivity contribution in [3.8, 4) is 0 Å². The van der Waals surface area contributed by atoms with Crippen LogP contribution in [0.1, 0.15) is 33.6 Å². The van der Waals surface area contributed by atoms with Gasteiger partial charge in [0, 0.05) is 0 Å². The normalized spacial score (nSPS) is 12.3. The van der Waals surface area contributed by atoms with Gasteiger partial charge in [-0.1, -0.05) is 13.8 Å². The van der Waals surface area contributed by atoms with Crippen LogP contribution in [0.3, 0.4) is 0 Å². The van der Waals surface area contributed by atoms with E-state index in [4.69, 9.17) is 4.74 Å². The predicted molar refractivity (Wildman–Crippen MR) is 51.4 cm³/mol. The van der Waals surface area contributed by atoms with Crippen LogP contribution in [0.15, 0.2) is 0 Å². The molecule has 0 aromatic carbocycles. The molecule has 0 rings (SSSR count). The second-order valence-electron chi connectivity index (χ2n) is 3.30. The lowest BCUT2D eigenvalue weighted by atomic mass is 10.0. The summed E-state index contributed by atoms with van der Waals surface area (Å²) < 4.78 is 30.1. The van der Waals surface area contributed by atoms with Gasteiger partial charge in [-0.25, -0.2) is 4.79 Å². The minimum absolute atomic E-state index is 0.600. The van der Waals surface area contributed by atoms with E-state index in [1.807, 2.05) is 13.8 Å². The zero-order valence-corrected chi connectivity index (χ0v) is 9.68. The smallest absolute Gasteiger partial charge is 0.427 e. The van der Waals surface area contributed by atoms with Gasteiger partial charge in [-0.15, -0.1) is 0 Å². The highest BCUT2D eigenvalue weighted by Crippen LogP contribution is 2.20. The molecule has 0 fully saturated rings. The van der Waals surface area contributed by atoms with Gasteiger partial charge < -0.3 is 8.92 Å². The van der Waals surface area contributed by atoms with Gasteiger partial charge >= 0.3 is 16.3 Å². The van der Waals surface area contributed by atoms with Gasteiger partial charge in [-0.05, 0) is 19.8 Å². The van der Waals surface area contributed by atoms with Crippen LogP contribution in [0.2, 0.25) is 0 Å². The molecule has 0 heterocycles. The predicted octanol–water partition coefficient (Wildman–Crippen LogP) is 1.68. The first-order valence-electron chi connectivity index (χ1n) is 4.35. The van der Waals surface area contributed by atoms with Crippen LogP contribution in [-0.2, 0) is 19.0 Å². The van der Waals surface area contributed by atoms with Gasteiger partial charge in [0.2, 0.25) is 0 Å². The summed E-state index contributed by atoms with van der Waals surface area (Å²) in [5.41, 5.74) is -0.665. The molecule has 5 nitrogen and oxygen atoms in total. The molecular weight excluding hydrogens is 208 g/mol. The molecule has 0 saturated heterocycles. The first-order valence-corrected chi connectivity index (χ1v) is 6.16. The Morgan fingerprint density at radius 1 is 1.29 bits per heavy atom. The zero-order valence-electron chi connectivity index (χ0n) is 8.86. The van der Waals surface area contributed by atoms with Gasteiger partial charge in [0.15, 0.2) is 0 Å². The van der Waals surface area contributed by atoms with Crippen molar-refractivity contribution in [2.45, 2.75) is 39.2 Å². The molecule has 0 N–H and O–H groups in total. The molecule has 0 saturated carbocycles. The lowest BCUT2D eigenvalue weighted by Gasteiger charge is -2.25. The summed E-state index contributed by atoms with van der Waals surface area (Å²) in [6, 6.07) is 0. The van der Waals surface area contributed by atoms with Crippen LogP contribution in [0.4, 0.5) is 4.79 Å². The van der Waals surface area contributed by atoms with Crippen molar-refractivity contribution in [1.82, 2.24) is 0 Å². The van der Waals surface area contributed by atoms with Crippen molar-refractivity contribution in [3.05, 3.63) is 0 Å². The Morgan fingerprint density at radius 2 is 1.71 bits per heavy atom. The quantitative estimate of drug-likeness (QED) is 0.536. The fourth-order valence-electron chi connectivity index (χ4n) is 0.736. The highest BCUT2D eigenvalue weighted by Gasteiger charge is 2.27. The molecule has 14 heavy (non-hydrogen) atoms. The van der Waals surface area contributed by atoms with Gasteiger partial charge in [-0.3, -0.25) is 0 Å². The largest absolute Gasteiger partial charge is 0.524 e. The van der Waals surface area contributed by atoms with Crippen LogP contribution in [0.25, 0.3) is 0 Å². The Kier molecular flexibility index (Phi) is 4.38. The Morgan fingerprint density at radius 3 is 2.00 bits per heavy atom. The summed E-state index contributed by atoms with van der Waals surface area (Å²) in [7, 11) is -3.79. The number of rotatable bonds is 4. The highest BCUT2D eigenvalue weighted by molar-refractivity contribution is 7.86. The van der Waals surface area contributed by atoms with Gasteiger partial charge in [0.25, 0.3) is 0 Å². The molecule has 0 aliphatic carbocycles. The highest BCUT2D eigenvalue weighted by atomic mass is 32.2. The zero-order chi connectivity index (χ0) is 11.4. The molecule has 0 atom stereocenters. The summed E-state index contributed by atoms with van der Waals surface area (Å²) in [5, 5.41) is 0. The molecule has 0 aliphatic rings. The molecule has 0 unspecified atom stereocenters. The average molecular weight is 224 g/mol. The summed E-state index contributed by atoms with van der Waals surface area (Å²) in [4.78, 5) is 11.0. The van der Waals surface area contributed by atoms with Crippen molar-refractivity contribution in [3.63, 3.8) is 0 Å². The molecule has 0 spiro atoms. The summed E-state index contributed by atoms with van der Waals surface area (Å²) >= 11 is 0. The first kappa shape index (κ1) is 13.2. The van der Waals surface area contributed by atoms with Gasteiger partial charge in [0.1, 0.15) is 5.60 Å². The summed E-state index contributed by atoms with van der Waals surface area (Å²) in [5.74, 6) is 0. The van der Waals surface area contributed by atoms with E-state index >= 15 is 0 Å². The van der Waals surface area contributed by atoms with Crippen LogP contribution < -0.4 is 0 Å². The number of hydrogen-bond acceptors (Lipinski definition) is 5. The van der Waals surface area contributed by atoms with E-state index in [-0.39, 0.29) is 0 Å². The minimum Gasteiger partial charge on any atom is -0.427 e. The molecule has 0 aliphatic heterocycles. The van der Waals surface area contributed by atoms with Crippen LogP contribution in [-0.4, -0.2) is 26.4 Å². The van der Waals surface area contributed by atoms with Gasteiger partial charge in [-0.2, -0.15) is 8.42 Å². The fraction of sp³-hybridized carbons (Fsp3) is 0.875. The number of carbonyl (C=O) groups is 1. The lowest BCUT2D eigenvalue weighted by molar-refractivity contribution is -0.00578. The molecule has 0 radical (unpaired) electrons. The average Bonchev–Trinajstić information content (AvgIpc) is 2.00. The van der Waals surface area contributed by atoms with Crippen LogP contribution >= 0.6 is 0 Å². The molecule has 0 aromatic rings. The first-order chi connectivity index (χ1) is 6.22. The van der Waals surface area contributed by atoms with Crippen molar-refractivity contribution in [2.75, 3.05) is 6.26 Å². The second-order valence-corrected chi connectivity index (χ2v) is 4.87. The topological polar surface area (TPSA) is 69.7 Å². The number of carbonyl (C=O) groups excluding carboxylic acids is 1. The monoisotopic (exact) mass is 224 g/mol. The van der Waals surface area contributed by atoms with E-state index in [9.17, 15) is 13.2 Å². The molecular formula is C8H16O5S. The van der Waals surface area contributed by atoms with E-state index in [0.29, 0.717) is 12.8 Å². The Labute approximate surface area is 84.5 Å². The molecule has 0 bridgehead atoms. The van der Waals surface area contributed by atoms with E-state index in [1.54, 1.807) is 6.92 Å². The van der Waals surface area contributed by atoms with Gasteiger partial charge in [0.05, 0.1) is 6.26 Å². The Bertz CT molecular complexity index is 289. The molecule has 6 heteroatoms. The summed E-state index contributed by atoms with van der Waals surface area (Å²) in [6.07, 6.45) is 0.826. The standard InChI is InChI=1S/C8H16O5S/c1-5-8(3,6-2)12-7(9)13-14(4,10)11/h5-6H2,1-4H3. The van der Waals surface area contributed by atoms with Crippen LogP contribution in [0.5, 0.6) is 0 Å². The maximum Gasteiger partial charge on any atom is 0.524 e. The van der Waals surface area contributed by atoms with E-state index in [1.165, 1.54) is 0 Å². The SMILES string of the molecule is CCC(C)(CC)OC(=O)OS(C)(=O)=O. The fourth-order valence-corrected chi connectivity index (χ4v) is 1.02. The second kappa shape index (κ2) is 4.63. The minimum atomic E-state index is -3.79. The van der Waals surface area contributed by atoms with Crippen molar-refractivity contribution in [2.24, 2.45) is 0 Å². The molecule has 84 valence electrons. The third kappa shape index (κ3) is 5.06. The molecule has 0 aromatic heterocycles. The van der Waals surface area contributed by atoms with E-state index in [2.05, 4.69) is 4.18 Å². The van der Waals surface area contributed by atoms with E-state index in [0.717, 1.165) is 6.26 Å². The maximum absolute atomic E-state index is 11.0. The van der Waals surface area contributed by atoms with Crippen LogP contribution in [0, 0.1) is 0 Å². The van der Waals surface area contributed by atoms with Crippen molar-refractivity contribution >= 4 is 16.3 Å². The lowest BCUT2D eigenvalue weighted by Crippen LogP contribution is -2.31. The summed E-state index contributed by atoms with van der Waals surface area (Å²) in [6.45, 7) is 5.41. The number of hydrogen-bond donors (Lipinski definition) is 0. The van der Waals surface area contributed by atoms with Crippen molar-refractivity contribution in [1.29, 1.82) is 0 Å². The third-order valence-corrected chi connectivity index (χ3v) is 2.48. The third-order valence-electron chi connectivity index (χ3n) is 2.04. The van der Waals surface area contributed by atoms with E-state index < -0.39 is 21.9 Å². The molecule has 0 amide bonds. The van der Waals surface area contributed by atoms with Crippen molar-refractivity contribution < 1.29 is 22.1 Å². The maximum atomic E-state index is 11.0. The Hall–Kier alpha value is -0.780. The number of ether oxygens (including phenoxy) is 1. The Balaban J connectivity index is 4.32.